The van der Waals surface area contributed by atoms with Crippen molar-refractivity contribution in [2.45, 2.75) is 19.9 Å². The van der Waals surface area contributed by atoms with Gasteiger partial charge in [-0.1, -0.05) is 0 Å². The highest BCUT2D eigenvalue weighted by atomic mass is 16.6. The van der Waals surface area contributed by atoms with E-state index in [1.54, 1.807) is 17.9 Å². The van der Waals surface area contributed by atoms with Gasteiger partial charge in [-0.05, 0) is 18.6 Å². The van der Waals surface area contributed by atoms with Gasteiger partial charge in [-0.25, -0.2) is 9.59 Å². The van der Waals surface area contributed by atoms with Gasteiger partial charge in [0, 0.05) is 13.0 Å². The van der Waals surface area contributed by atoms with E-state index in [4.69, 9.17) is 4.74 Å². The number of nitrogens with zero attached hydrogens (tertiary/aromatic N) is 3. The molecule has 7 heteroatoms. The van der Waals surface area contributed by atoms with Gasteiger partial charge in [-0.15, -0.1) is 5.10 Å². The molecule has 0 atom stereocenters. The summed E-state index contributed by atoms with van der Waals surface area (Å²) in [6.45, 7) is 3.01. The van der Waals surface area contributed by atoms with E-state index in [-0.39, 0.29) is 11.8 Å². The number of fused-ring (bicyclic) bond motifs is 1. The minimum atomic E-state index is -0.538. The quantitative estimate of drug-likeness (QED) is 0.735. The Bertz CT molecular complexity index is 504. The zero-order valence-corrected chi connectivity index (χ0v) is 10.9. The fourth-order valence-corrected chi connectivity index (χ4v) is 1.90. The minimum Gasteiger partial charge on any atom is -0.464 e. The highest BCUT2D eigenvalue weighted by molar-refractivity contribution is 5.87. The summed E-state index contributed by atoms with van der Waals surface area (Å²) in [7, 11) is 1.29. The van der Waals surface area contributed by atoms with Crippen molar-refractivity contribution in [2.75, 3.05) is 20.3 Å². The highest BCUT2D eigenvalue weighted by Gasteiger charge is 2.24. The third-order valence-electron chi connectivity index (χ3n) is 2.86. The van der Waals surface area contributed by atoms with Crippen LogP contribution in [0.15, 0.2) is 6.07 Å². The van der Waals surface area contributed by atoms with E-state index < -0.39 is 5.97 Å². The Morgan fingerprint density at radius 2 is 2.21 bits per heavy atom. The zero-order chi connectivity index (χ0) is 13.8. The van der Waals surface area contributed by atoms with Gasteiger partial charge in [-0.3, -0.25) is 0 Å². The molecule has 0 aromatic carbocycles. The Kier molecular flexibility index (Phi) is 3.94. The van der Waals surface area contributed by atoms with E-state index in [1.165, 1.54) is 7.11 Å². The largest absolute Gasteiger partial charge is 0.464 e. The number of methoxy groups -OCH3 is 1. The van der Waals surface area contributed by atoms with Crippen LogP contribution in [0, 0.1) is 0 Å². The summed E-state index contributed by atoms with van der Waals surface area (Å²) < 4.78 is 9.55. The molecule has 2 rings (SSSR count). The van der Waals surface area contributed by atoms with Crippen LogP contribution in [0.25, 0.3) is 0 Å². The maximum atomic E-state index is 11.7. The second kappa shape index (κ2) is 5.64. The topological polar surface area (TPSA) is 81.6 Å². The molecular formula is C12H15N3O4. The Morgan fingerprint density at radius 1 is 1.42 bits per heavy atom. The standard InChI is InChI=1S/C12H15N3O4/c1-3-19-12(17)15-5-4-9-8(7-15)6-10(14-13-9)11(16)18-2/h6H,3-5,7H2,1-2H3. The monoisotopic (exact) mass is 265 g/mol. The molecule has 7 nitrogen and oxygen atoms in total. The number of hydrogen-bond acceptors (Lipinski definition) is 6. The molecule has 0 fully saturated rings. The zero-order valence-electron chi connectivity index (χ0n) is 10.9. The van der Waals surface area contributed by atoms with Crippen LogP contribution in [0.1, 0.15) is 28.7 Å². The van der Waals surface area contributed by atoms with Gasteiger partial charge in [0.2, 0.25) is 0 Å². The molecule has 0 radical (unpaired) electrons. The van der Waals surface area contributed by atoms with Crippen LogP contribution < -0.4 is 0 Å². The Balaban J connectivity index is 2.18. The van der Waals surface area contributed by atoms with E-state index in [1.807, 2.05) is 0 Å². The maximum Gasteiger partial charge on any atom is 0.410 e. The fraction of sp³-hybridized carbons (Fsp3) is 0.500. The average Bonchev–Trinajstić information content (AvgIpc) is 2.45. The molecule has 0 saturated carbocycles. The Morgan fingerprint density at radius 3 is 2.89 bits per heavy atom. The first-order valence-corrected chi connectivity index (χ1v) is 6.01. The lowest BCUT2D eigenvalue weighted by atomic mass is 10.1. The van der Waals surface area contributed by atoms with Crippen LogP contribution >= 0.6 is 0 Å². The molecule has 0 N–H and O–H groups in total. The summed E-state index contributed by atoms with van der Waals surface area (Å²) in [5.41, 5.74) is 1.75. The van der Waals surface area contributed by atoms with Crippen LogP contribution in [-0.4, -0.2) is 47.4 Å². The molecule has 0 bridgehead atoms. The van der Waals surface area contributed by atoms with Crippen molar-refractivity contribution in [3.63, 3.8) is 0 Å². The van der Waals surface area contributed by atoms with Crippen LogP contribution in [0.5, 0.6) is 0 Å². The van der Waals surface area contributed by atoms with Crippen molar-refractivity contribution >= 4 is 12.1 Å². The number of aromatic nitrogens is 2. The summed E-state index contributed by atoms with van der Waals surface area (Å²) in [6.07, 6.45) is 0.243. The molecule has 0 saturated heterocycles. The van der Waals surface area contributed by atoms with Gasteiger partial charge in [0.15, 0.2) is 5.69 Å². The Hall–Kier alpha value is -2.18. The van der Waals surface area contributed by atoms with Gasteiger partial charge in [0.1, 0.15) is 0 Å². The number of esters is 1. The van der Waals surface area contributed by atoms with E-state index >= 15 is 0 Å². The van der Waals surface area contributed by atoms with Crippen molar-refractivity contribution in [2.24, 2.45) is 0 Å². The number of ether oxygens (including phenoxy) is 2. The number of rotatable bonds is 2. The normalized spacial score (nSPS) is 13.7. The van der Waals surface area contributed by atoms with E-state index in [9.17, 15) is 9.59 Å². The van der Waals surface area contributed by atoms with Gasteiger partial charge in [0.25, 0.3) is 0 Å². The predicted molar refractivity (Wildman–Crippen MR) is 64.5 cm³/mol. The van der Waals surface area contributed by atoms with Crippen molar-refractivity contribution in [3.8, 4) is 0 Å². The summed E-state index contributed by atoms with van der Waals surface area (Å²) in [5.74, 6) is -0.538. The molecule has 102 valence electrons. The molecule has 1 aliphatic rings. The molecule has 0 spiro atoms. The van der Waals surface area contributed by atoms with Gasteiger partial charge in [0.05, 0.1) is 26.0 Å². The van der Waals surface area contributed by atoms with Gasteiger partial charge >= 0.3 is 12.1 Å². The number of hydrogen-bond donors (Lipinski definition) is 0. The predicted octanol–water partition coefficient (Wildman–Crippen LogP) is 0.778. The summed E-state index contributed by atoms with van der Waals surface area (Å²) >= 11 is 0. The van der Waals surface area contributed by atoms with E-state index in [0.29, 0.717) is 26.1 Å². The molecule has 1 aromatic heterocycles. The van der Waals surface area contributed by atoms with Crippen LogP contribution in [0.2, 0.25) is 0 Å². The lowest BCUT2D eigenvalue weighted by Gasteiger charge is -2.27. The molecule has 0 unspecified atom stereocenters. The molecule has 0 aliphatic carbocycles. The van der Waals surface area contributed by atoms with Crippen LogP contribution in [-0.2, 0) is 22.4 Å². The first-order chi connectivity index (χ1) is 9.15. The first kappa shape index (κ1) is 13.3. The molecular weight excluding hydrogens is 250 g/mol. The average molecular weight is 265 g/mol. The number of amides is 1. The van der Waals surface area contributed by atoms with Gasteiger partial charge in [-0.2, -0.15) is 5.10 Å². The second-order valence-corrected chi connectivity index (χ2v) is 4.06. The third kappa shape index (κ3) is 2.81. The van der Waals surface area contributed by atoms with E-state index in [0.717, 1.165) is 11.3 Å². The van der Waals surface area contributed by atoms with Crippen molar-refractivity contribution in [1.82, 2.24) is 15.1 Å². The van der Waals surface area contributed by atoms with Gasteiger partial charge < -0.3 is 14.4 Å². The molecule has 1 aliphatic heterocycles. The fourth-order valence-electron chi connectivity index (χ4n) is 1.90. The molecule has 1 amide bonds. The van der Waals surface area contributed by atoms with E-state index in [2.05, 4.69) is 14.9 Å². The number of carbonyl (C=O) groups is 2. The second-order valence-electron chi connectivity index (χ2n) is 4.06. The Labute approximate surface area is 110 Å². The number of carbonyl (C=O) groups excluding carboxylic acids is 2. The smallest absolute Gasteiger partial charge is 0.410 e. The highest BCUT2D eigenvalue weighted by Crippen LogP contribution is 2.18. The van der Waals surface area contributed by atoms with Crippen molar-refractivity contribution in [1.29, 1.82) is 0 Å². The summed E-state index contributed by atoms with van der Waals surface area (Å²) in [6, 6.07) is 1.61. The molecule has 19 heavy (non-hydrogen) atoms. The lowest BCUT2D eigenvalue weighted by molar-refractivity contribution is 0.0592. The van der Waals surface area contributed by atoms with Crippen molar-refractivity contribution < 1.29 is 19.1 Å². The summed E-state index contributed by atoms with van der Waals surface area (Å²) in [4.78, 5) is 24.6. The van der Waals surface area contributed by atoms with Crippen LogP contribution in [0.4, 0.5) is 4.79 Å². The SMILES string of the molecule is CCOC(=O)N1CCc2nnc(C(=O)OC)cc2C1. The lowest BCUT2D eigenvalue weighted by Crippen LogP contribution is -2.37. The first-order valence-electron chi connectivity index (χ1n) is 6.01. The van der Waals surface area contributed by atoms with Crippen molar-refractivity contribution in [3.05, 3.63) is 23.0 Å². The molecule has 1 aromatic rings. The minimum absolute atomic E-state index is 0.145. The third-order valence-corrected chi connectivity index (χ3v) is 2.86. The molecule has 2 heterocycles. The van der Waals surface area contributed by atoms with Crippen LogP contribution in [0.3, 0.4) is 0 Å². The maximum absolute atomic E-state index is 11.7. The summed E-state index contributed by atoms with van der Waals surface area (Å²) in [5, 5.41) is 7.81.